The minimum Gasteiger partial charge on any atom is -0.361 e. The molecule has 1 aromatic heterocycles. The van der Waals surface area contributed by atoms with Crippen LogP contribution in [0.2, 0.25) is 0 Å². The Morgan fingerprint density at radius 3 is 2.72 bits per heavy atom. The Hall–Kier alpha value is -2.30. The number of carbonyl (C=O) groups excluding carboxylic acids is 1. The van der Waals surface area contributed by atoms with Crippen LogP contribution in [0.25, 0.3) is 10.9 Å². The molecule has 4 nitrogen and oxygen atoms in total. The molecular formula is C20H22ClN3O. The Balaban J connectivity index is 0.00000182. The van der Waals surface area contributed by atoms with E-state index in [0.29, 0.717) is 6.54 Å². The summed E-state index contributed by atoms with van der Waals surface area (Å²) in [5.41, 5.74) is 4.95. The van der Waals surface area contributed by atoms with Crippen molar-refractivity contribution in [3.8, 4) is 0 Å². The monoisotopic (exact) mass is 355 g/mol. The first kappa shape index (κ1) is 17.5. The van der Waals surface area contributed by atoms with E-state index in [2.05, 4.69) is 39.9 Å². The van der Waals surface area contributed by atoms with Crippen molar-refractivity contribution in [3.05, 3.63) is 71.4 Å². The van der Waals surface area contributed by atoms with Crippen molar-refractivity contribution in [1.82, 2.24) is 15.6 Å². The average molecular weight is 356 g/mol. The average Bonchev–Trinajstić information content (AvgIpc) is 3.04. The van der Waals surface area contributed by atoms with Crippen LogP contribution in [-0.4, -0.2) is 23.5 Å². The first-order valence-corrected chi connectivity index (χ1v) is 8.44. The molecule has 0 saturated carbocycles. The van der Waals surface area contributed by atoms with Gasteiger partial charge in [0.25, 0.3) is 0 Å². The summed E-state index contributed by atoms with van der Waals surface area (Å²) in [6.45, 7) is 1.41. The lowest BCUT2D eigenvalue weighted by molar-refractivity contribution is -0.123. The van der Waals surface area contributed by atoms with E-state index in [1.54, 1.807) is 0 Å². The van der Waals surface area contributed by atoms with E-state index in [1.807, 2.05) is 30.5 Å². The topological polar surface area (TPSA) is 56.9 Å². The molecule has 3 aromatic rings. The lowest BCUT2D eigenvalue weighted by Gasteiger charge is -2.25. The molecule has 0 aliphatic carbocycles. The molecular weight excluding hydrogens is 334 g/mol. The number of benzene rings is 2. The summed E-state index contributed by atoms with van der Waals surface area (Å²) in [6, 6.07) is 16.4. The zero-order valence-electron chi connectivity index (χ0n) is 13.9. The molecule has 130 valence electrons. The molecule has 0 spiro atoms. The number of aromatic nitrogens is 1. The van der Waals surface area contributed by atoms with Crippen LogP contribution in [0.3, 0.4) is 0 Å². The number of carbonyl (C=O) groups is 1. The van der Waals surface area contributed by atoms with Gasteiger partial charge in [0.2, 0.25) is 5.91 Å². The smallest absolute Gasteiger partial charge is 0.237 e. The molecule has 0 bridgehead atoms. The Morgan fingerprint density at radius 1 is 1.08 bits per heavy atom. The number of fused-ring (bicyclic) bond motifs is 2. The van der Waals surface area contributed by atoms with Gasteiger partial charge in [-0.05, 0) is 35.6 Å². The van der Waals surface area contributed by atoms with E-state index in [0.717, 1.165) is 24.9 Å². The van der Waals surface area contributed by atoms with Gasteiger partial charge in [0.1, 0.15) is 0 Å². The van der Waals surface area contributed by atoms with Gasteiger partial charge in [-0.2, -0.15) is 0 Å². The van der Waals surface area contributed by atoms with Gasteiger partial charge >= 0.3 is 0 Å². The zero-order chi connectivity index (χ0) is 16.4. The first-order chi connectivity index (χ1) is 11.8. The van der Waals surface area contributed by atoms with E-state index in [1.165, 1.54) is 22.1 Å². The normalized spacial score (nSPS) is 16.1. The van der Waals surface area contributed by atoms with E-state index in [4.69, 9.17) is 0 Å². The standard InChI is InChI=1S/C20H21N3O.ClH/c24-20(19-11-14-5-1-2-6-15(14)12-23-19)21-10-9-16-13-22-18-8-4-3-7-17(16)18;/h1-8,13,19,22-23H,9-12H2,(H,21,24);1H. The van der Waals surface area contributed by atoms with Crippen LogP contribution in [0.4, 0.5) is 0 Å². The van der Waals surface area contributed by atoms with Gasteiger partial charge in [-0.25, -0.2) is 0 Å². The predicted octanol–water partition coefficient (Wildman–Crippen LogP) is 2.96. The number of hydrogen-bond donors (Lipinski definition) is 3. The van der Waals surface area contributed by atoms with Crippen molar-refractivity contribution in [2.75, 3.05) is 6.54 Å². The summed E-state index contributed by atoms with van der Waals surface area (Å²) in [6.07, 6.45) is 3.63. The van der Waals surface area contributed by atoms with Crippen molar-refractivity contribution in [3.63, 3.8) is 0 Å². The number of nitrogens with one attached hydrogen (secondary N) is 3. The third-order valence-electron chi connectivity index (χ3n) is 4.77. The fourth-order valence-electron chi connectivity index (χ4n) is 3.42. The molecule has 5 heteroatoms. The molecule has 0 fully saturated rings. The summed E-state index contributed by atoms with van der Waals surface area (Å²) in [5, 5.41) is 7.63. The number of hydrogen-bond acceptors (Lipinski definition) is 2. The van der Waals surface area contributed by atoms with Crippen LogP contribution in [0.1, 0.15) is 16.7 Å². The fraction of sp³-hybridized carbons (Fsp3) is 0.250. The van der Waals surface area contributed by atoms with E-state index >= 15 is 0 Å². The third kappa shape index (κ3) is 3.70. The molecule has 0 radical (unpaired) electrons. The highest BCUT2D eigenvalue weighted by Gasteiger charge is 2.23. The van der Waals surface area contributed by atoms with E-state index in [9.17, 15) is 4.79 Å². The zero-order valence-corrected chi connectivity index (χ0v) is 14.7. The molecule has 0 saturated heterocycles. The van der Waals surface area contributed by atoms with Gasteiger partial charge < -0.3 is 15.6 Å². The molecule has 1 aliphatic rings. The summed E-state index contributed by atoms with van der Waals surface area (Å²) in [5.74, 6) is 0.0874. The minimum atomic E-state index is -0.136. The molecule has 1 amide bonds. The molecule has 3 N–H and O–H groups in total. The van der Waals surface area contributed by atoms with Gasteiger partial charge in [0.15, 0.2) is 0 Å². The van der Waals surface area contributed by atoms with Crippen LogP contribution in [-0.2, 0) is 24.2 Å². The Bertz CT molecular complexity index is 874. The van der Waals surface area contributed by atoms with Crippen LogP contribution in [0.5, 0.6) is 0 Å². The molecule has 1 unspecified atom stereocenters. The van der Waals surface area contributed by atoms with Crippen molar-refractivity contribution >= 4 is 29.2 Å². The van der Waals surface area contributed by atoms with Crippen LogP contribution < -0.4 is 10.6 Å². The summed E-state index contributed by atoms with van der Waals surface area (Å²) >= 11 is 0. The highest BCUT2D eigenvalue weighted by atomic mass is 35.5. The predicted molar refractivity (Wildman–Crippen MR) is 103 cm³/mol. The largest absolute Gasteiger partial charge is 0.361 e. The molecule has 2 aromatic carbocycles. The van der Waals surface area contributed by atoms with Gasteiger partial charge in [0.05, 0.1) is 6.04 Å². The Labute approximate surface area is 153 Å². The highest BCUT2D eigenvalue weighted by molar-refractivity contribution is 5.85. The minimum absolute atomic E-state index is 0. The summed E-state index contributed by atoms with van der Waals surface area (Å²) < 4.78 is 0. The lowest BCUT2D eigenvalue weighted by atomic mass is 9.95. The second-order valence-corrected chi connectivity index (χ2v) is 6.31. The first-order valence-electron chi connectivity index (χ1n) is 8.44. The maximum absolute atomic E-state index is 12.4. The number of halogens is 1. The maximum atomic E-state index is 12.4. The molecule has 25 heavy (non-hydrogen) atoms. The summed E-state index contributed by atoms with van der Waals surface area (Å²) in [7, 11) is 0. The highest BCUT2D eigenvalue weighted by Crippen LogP contribution is 2.18. The number of H-pyrrole nitrogens is 1. The van der Waals surface area contributed by atoms with Crippen molar-refractivity contribution in [1.29, 1.82) is 0 Å². The molecule has 1 aliphatic heterocycles. The second-order valence-electron chi connectivity index (χ2n) is 6.31. The van der Waals surface area contributed by atoms with Gasteiger partial charge in [-0.3, -0.25) is 4.79 Å². The SMILES string of the molecule is Cl.O=C(NCCc1c[nH]c2ccccc12)C1Cc2ccccc2CN1. The van der Waals surface area contributed by atoms with Crippen LogP contribution in [0, 0.1) is 0 Å². The Kier molecular flexibility index (Phi) is 5.41. The van der Waals surface area contributed by atoms with Gasteiger partial charge in [0, 0.05) is 30.2 Å². The number of aromatic amines is 1. The van der Waals surface area contributed by atoms with Crippen molar-refractivity contribution in [2.45, 2.75) is 25.4 Å². The summed E-state index contributed by atoms with van der Waals surface area (Å²) in [4.78, 5) is 15.7. The fourth-order valence-corrected chi connectivity index (χ4v) is 3.42. The molecule has 2 heterocycles. The third-order valence-corrected chi connectivity index (χ3v) is 4.77. The number of para-hydroxylation sites is 1. The lowest BCUT2D eigenvalue weighted by Crippen LogP contribution is -2.48. The van der Waals surface area contributed by atoms with E-state index in [-0.39, 0.29) is 24.4 Å². The van der Waals surface area contributed by atoms with Gasteiger partial charge in [-0.1, -0.05) is 42.5 Å². The van der Waals surface area contributed by atoms with E-state index < -0.39 is 0 Å². The second kappa shape index (κ2) is 7.72. The number of amides is 1. The van der Waals surface area contributed by atoms with Gasteiger partial charge in [-0.15, -0.1) is 12.4 Å². The van der Waals surface area contributed by atoms with Crippen LogP contribution in [0.15, 0.2) is 54.7 Å². The molecule has 1 atom stereocenters. The molecule has 4 rings (SSSR count). The quantitative estimate of drug-likeness (QED) is 0.674. The number of rotatable bonds is 4. The maximum Gasteiger partial charge on any atom is 0.237 e. The van der Waals surface area contributed by atoms with Crippen LogP contribution >= 0.6 is 12.4 Å². The van der Waals surface area contributed by atoms with Crippen molar-refractivity contribution in [2.24, 2.45) is 0 Å². The van der Waals surface area contributed by atoms with Crippen molar-refractivity contribution < 1.29 is 4.79 Å². The Morgan fingerprint density at radius 2 is 1.84 bits per heavy atom.